The Morgan fingerprint density at radius 2 is 1.90 bits per heavy atom. The summed E-state index contributed by atoms with van der Waals surface area (Å²) in [5.74, 6) is 1.49. The molecule has 6 nitrogen and oxygen atoms in total. The van der Waals surface area contributed by atoms with Gasteiger partial charge in [0.25, 0.3) is 0 Å². The van der Waals surface area contributed by atoms with E-state index in [1.165, 1.54) is 0 Å². The Kier molecular flexibility index (Phi) is 5.18. The van der Waals surface area contributed by atoms with E-state index < -0.39 is 0 Å². The molecule has 0 N–H and O–H groups in total. The van der Waals surface area contributed by atoms with Gasteiger partial charge in [-0.05, 0) is 35.9 Å². The topological polar surface area (TPSA) is 52.4 Å². The molecule has 1 atom stereocenters. The number of rotatable bonds is 5. The van der Waals surface area contributed by atoms with Crippen LogP contribution in [-0.2, 0) is 11.3 Å². The van der Waals surface area contributed by atoms with Gasteiger partial charge >= 0.3 is 0 Å². The lowest BCUT2D eigenvalue weighted by Crippen LogP contribution is -2.19. The molecule has 1 unspecified atom stereocenters. The van der Waals surface area contributed by atoms with E-state index in [2.05, 4.69) is 21.3 Å². The van der Waals surface area contributed by atoms with Gasteiger partial charge in [0.15, 0.2) is 10.9 Å². The van der Waals surface area contributed by atoms with Crippen molar-refractivity contribution in [1.82, 2.24) is 19.9 Å². The highest BCUT2D eigenvalue weighted by molar-refractivity contribution is 6.31. The Labute approximate surface area is 189 Å². The molecule has 5 rings (SSSR count). The van der Waals surface area contributed by atoms with E-state index in [1.54, 1.807) is 18.0 Å². The normalized spacial score (nSPS) is 17.5. The van der Waals surface area contributed by atoms with Crippen LogP contribution in [0.2, 0.25) is 5.15 Å². The summed E-state index contributed by atoms with van der Waals surface area (Å²) in [5, 5.41) is 8.88. The summed E-state index contributed by atoms with van der Waals surface area (Å²) in [5.41, 5.74) is 3.85. The van der Waals surface area contributed by atoms with E-state index in [9.17, 15) is 0 Å². The number of ether oxygens (including phenoxy) is 2. The maximum atomic E-state index is 6.48. The van der Waals surface area contributed by atoms with Gasteiger partial charge in [-0.15, -0.1) is 5.10 Å². The first-order valence-corrected chi connectivity index (χ1v) is 10.4. The van der Waals surface area contributed by atoms with E-state index in [1.807, 2.05) is 60.8 Å². The van der Waals surface area contributed by atoms with E-state index in [4.69, 9.17) is 32.7 Å². The van der Waals surface area contributed by atoms with E-state index in [0.29, 0.717) is 22.5 Å². The first-order chi connectivity index (χ1) is 15.1. The van der Waals surface area contributed by atoms with Crippen LogP contribution in [0, 0.1) is 0 Å². The lowest BCUT2D eigenvalue weighted by Gasteiger charge is -2.25. The summed E-state index contributed by atoms with van der Waals surface area (Å²) in [6.45, 7) is 0.677. The molecule has 2 aromatic carbocycles. The number of para-hydroxylation sites is 1. The number of halogens is 2. The first kappa shape index (κ1) is 19.7. The van der Waals surface area contributed by atoms with Crippen molar-refractivity contribution < 1.29 is 9.47 Å². The molecule has 2 aliphatic heterocycles. The molecule has 1 aromatic heterocycles. The molecule has 0 saturated heterocycles. The summed E-state index contributed by atoms with van der Waals surface area (Å²) in [6.07, 6.45) is 7.23. The molecule has 2 aliphatic rings. The van der Waals surface area contributed by atoms with Gasteiger partial charge in [-0.3, -0.25) is 0 Å². The van der Waals surface area contributed by atoms with E-state index in [-0.39, 0.29) is 6.10 Å². The number of fused-ring (bicyclic) bond motifs is 1. The SMILES string of the molecule is COc1ccc(CN2C=CC(Cl)=C3OC(c4ccccc4-n4cc(Cl)nn4)C=C32)cc1. The number of benzene rings is 2. The number of hydrogen-bond acceptors (Lipinski definition) is 5. The molecular formula is C23H18Cl2N4O2. The minimum absolute atomic E-state index is 0.323. The summed E-state index contributed by atoms with van der Waals surface area (Å²) < 4.78 is 13.2. The van der Waals surface area contributed by atoms with Gasteiger partial charge in [0.1, 0.15) is 11.9 Å². The van der Waals surface area contributed by atoms with Crippen LogP contribution in [0.15, 0.2) is 89.6 Å². The van der Waals surface area contributed by atoms with Crippen molar-refractivity contribution in [3.63, 3.8) is 0 Å². The molecular weight excluding hydrogens is 435 g/mol. The third kappa shape index (κ3) is 3.80. The van der Waals surface area contributed by atoms with E-state index >= 15 is 0 Å². The van der Waals surface area contributed by atoms with Gasteiger partial charge in [-0.2, -0.15) is 0 Å². The number of aromatic nitrogens is 3. The van der Waals surface area contributed by atoms with Crippen LogP contribution in [0.4, 0.5) is 0 Å². The minimum atomic E-state index is -0.323. The molecule has 0 aliphatic carbocycles. The highest BCUT2D eigenvalue weighted by atomic mass is 35.5. The third-order valence-electron chi connectivity index (χ3n) is 5.18. The van der Waals surface area contributed by atoms with E-state index in [0.717, 1.165) is 28.3 Å². The van der Waals surface area contributed by atoms with Crippen LogP contribution in [0.1, 0.15) is 17.2 Å². The quantitative estimate of drug-likeness (QED) is 0.521. The molecule has 0 fully saturated rings. The lowest BCUT2D eigenvalue weighted by molar-refractivity contribution is 0.176. The highest BCUT2D eigenvalue weighted by Crippen LogP contribution is 2.42. The molecule has 0 amide bonds. The number of allylic oxidation sites excluding steroid dienone is 2. The number of nitrogens with zero attached hydrogens (tertiary/aromatic N) is 4. The van der Waals surface area contributed by atoms with Crippen molar-refractivity contribution in [2.75, 3.05) is 7.11 Å². The van der Waals surface area contributed by atoms with Crippen molar-refractivity contribution in [3.8, 4) is 11.4 Å². The van der Waals surface area contributed by atoms with Gasteiger partial charge in [0, 0.05) is 18.3 Å². The Morgan fingerprint density at radius 3 is 2.65 bits per heavy atom. The smallest absolute Gasteiger partial charge is 0.171 e. The summed E-state index contributed by atoms with van der Waals surface area (Å²) in [4.78, 5) is 2.12. The maximum Gasteiger partial charge on any atom is 0.171 e. The fourth-order valence-electron chi connectivity index (χ4n) is 3.67. The van der Waals surface area contributed by atoms with Crippen LogP contribution in [0.5, 0.6) is 5.75 Å². The number of methoxy groups -OCH3 is 1. The zero-order valence-electron chi connectivity index (χ0n) is 16.6. The molecule has 3 heterocycles. The summed E-state index contributed by atoms with van der Waals surface area (Å²) >= 11 is 12.4. The van der Waals surface area contributed by atoms with Gasteiger partial charge in [-0.25, -0.2) is 4.68 Å². The Hall–Kier alpha value is -3.22. The van der Waals surface area contributed by atoms with Crippen molar-refractivity contribution in [1.29, 1.82) is 0 Å². The summed E-state index contributed by atoms with van der Waals surface area (Å²) in [7, 11) is 1.66. The Bertz CT molecular complexity index is 1210. The van der Waals surface area contributed by atoms with Crippen molar-refractivity contribution in [2.24, 2.45) is 0 Å². The third-order valence-corrected chi connectivity index (χ3v) is 5.65. The van der Waals surface area contributed by atoms with Gasteiger partial charge in [0.05, 0.1) is 29.7 Å². The van der Waals surface area contributed by atoms with Crippen molar-refractivity contribution in [2.45, 2.75) is 12.6 Å². The highest BCUT2D eigenvalue weighted by Gasteiger charge is 2.32. The van der Waals surface area contributed by atoms with Crippen LogP contribution >= 0.6 is 23.2 Å². The molecule has 0 bridgehead atoms. The van der Waals surface area contributed by atoms with Gasteiger partial charge < -0.3 is 14.4 Å². The van der Waals surface area contributed by atoms with Crippen molar-refractivity contribution >= 4 is 23.2 Å². The second-order valence-corrected chi connectivity index (χ2v) is 7.90. The molecule has 0 radical (unpaired) electrons. The van der Waals surface area contributed by atoms with Crippen LogP contribution in [0.25, 0.3) is 5.69 Å². The van der Waals surface area contributed by atoms with Crippen LogP contribution in [-0.4, -0.2) is 27.0 Å². The Morgan fingerprint density at radius 1 is 1.10 bits per heavy atom. The van der Waals surface area contributed by atoms with Crippen LogP contribution in [0.3, 0.4) is 0 Å². The summed E-state index contributed by atoms with van der Waals surface area (Å²) in [6, 6.07) is 15.8. The largest absolute Gasteiger partial charge is 0.497 e. The zero-order valence-corrected chi connectivity index (χ0v) is 18.1. The molecule has 31 heavy (non-hydrogen) atoms. The average Bonchev–Trinajstić information content (AvgIpc) is 3.44. The predicted octanol–water partition coefficient (Wildman–Crippen LogP) is 5.36. The van der Waals surface area contributed by atoms with Crippen molar-refractivity contribution in [3.05, 3.63) is 106 Å². The average molecular weight is 453 g/mol. The fraction of sp³-hybridized carbons (Fsp3) is 0.130. The monoisotopic (exact) mass is 452 g/mol. The first-order valence-electron chi connectivity index (χ1n) is 9.66. The molecule has 3 aromatic rings. The zero-order chi connectivity index (χ0) is 21.4. The number of hydrogen-bond donors (Lipinski definition) is 0. The van der Waals surface area contributed by atoms with Gasteiger partial charge in [-0.1, -0.05) is 58.7 Å². The molecule has 8 heteroatoms. The minimum Gasteiger partial charge on any atom is -0.497 e. The second kappa shape index (κ2) is 8.13. The molecule has 156 valence electrons. The maximum absolute atomic E-state index is 6.48. The van der Waals surface area contributed by atoms with Crippen LogP contribution < -0.4 is 4.74 Å². The molecule has 0 spiro atoms. The molecule has 0 saturated carbocycles. The Balaban J connectivity index is 1.47. The fourth-order valence-corrected chi connectivity index (χ4v) is 4.00. The lowest BCUT2D eigenvalue weighted by atomic mass is 10.1. The predicted molar refractivity (Wildman–Crippen MR) is 119 cm³/mol. The standard InChI is InChI=1S/C23H18Cl2N4O2/c1-30-16-8-6-15(7-9-16)13-28-11-10-18(24)23-20(28)12-21(31-23)17-4-2-3-5-19(17)29-14-22(25)26-27-29/h2-12,14,21H,13H2,1H3. The second-order valence-electron chi connectivity index (χ2n) is 7.10. The van der Waals surface area contributed by atoms with Gasteiger partial charge in [0.2, 0.25) is 0 Å².